The average Bonchev–Trinajstić information content (AvgIpc) is 2.36. The largest absolute Gasteiger partial charge is 0.299 e. The van der Waals surface area contributed by atoms with Crippen LogP contribution in [0.5, 0.6) is 0 Å². The molecule has 2 rings (SSSR count). The number of hydrogen-bond acceptors (Lipinski definition) is 1. The van der Waals surface area contributed by atoms with E-state index < -0.39 is 0 Å². The molecule has 13 heavy (non-hydrogen) atoms. The number of ketones is 1. The van der Waals surface area contributed by atoms with Crippen LogP contribution in [0.1, 0.15) is 32.1 Å². The van der Waals surface area contributed by atoms with Crippen LogP contribution >= 0.6 is 0 Å². The molecule has 0 unspecified atom stereocenters. The van der Waals surface area contributed by atoms with Crippen molar-refractivity contribution in [2.45, 2.75) is 32.1 Å². The van der Waals surface area contributed by atoms with Gasteiger partial charge in [-0.15, -0.1) is 0 Å². The molecule has 1 nitrogen and oxygen atoms in total. The zero-order valence-electron chi connectivity index (χ0n) is 8.01. The molecule has 0 aromatic heterocycles. The van der Waals surface area contributed by atoms with Gasteiger partial charge in [0, 0.05) is 12.8 Å². The highest BCUT2D eigenvalue weighted by atomic mass is 16.1. The van der Waals surface area contributed by atoms with Crippen LogP contribution in [0.25, 0.3) is 0 Å². The Morgan fingerprint density at radius 1 is 1.00 bits per heavy atom. The van der Waals surface area contributed by atoms with Gasteiger partial charge in [-0.3, -0.25) is 4.79 Å². The summed E-state index contributed by atoms with van der Waals surface area (Å²) in [6, 6.07) is 0. The van der Waals surface area contributed by atoms with Crippen LogP contribution in [0, 0.1) is 11.8 Å². The smallest absolute Gasteiger partial charge is 0.136 e. The fraction of sp³-hybridized carbons (Fsp3) is 0.583. The predicted octanol–water partition coefficient (Wildman–Crippen LogP) is 2.88. The van der Waals surface area contributed by atoms with Gasteiger partial charge in [-0.25, -0.2) is 0 Å². The zero-order chi connectivity index (χ0) is 9.42. The van der Waals surface area contributed by atoms with Crippen molar-refractivity contribution in [3.05, 3.63) is 24.3 Å². The van der Waals surface area contributed by atoms with Gasteiger partial charge in [0.15, 0.2) is 0 Å². The molecular formula is C12H16O. The molecule has 0 aliphatic heterocycles. The van der Waals surface area contributed by atoms with Crippen molar-refractivity contribution in [3.63, 3.8) is 0 Å². The van der Waals surface area contributed by atoms with Crippen molar-refractivity contribution in [2.75, 3.05) is 0 Å². The lowest BCUT2D eigenvalue weighted by molar-refractivity contribution is -0.118. The van der Waals surface area contributed by atoms with Crippen LogP contribution in [0.2, 0.25) is 0 Å². The van der Waals surface area contributed by atoms with Gasteiger partial charge in [-0.2, -0.15) is 0 Å². The molecule has 0 radical (unpaired) electrons. The van der Waals surface area contributed by atoms with Crippen molar-refractivity contribution in [1.82, 2.24) is 0 Å². The molecule has 2 fully saturated rings. The zero-order valence-corrected chi connectivity index (χ0v) is 8.01. The number of allylic oxidation sites excluding steroid dienone is 2. The number of fused-ring (bicyclic) bond motifs is 1. The highest BCUT2D eigenvalue weighted by Gasteiger charge is 2.34. The van der Waals surface area contributed by atoms with E-state index in [2.05, 4.69) is 13.2 Å². The predicted molar refractivity (Wildman–Crippen MR) is 53.4 cm³/mol. The third-order valence-corrected chi connectivity index (χ3v) is 3.47. The first kappa shape index (κ1) is 8.74. The summed E-state index contributed by atoms with van der Waals surface area (Å²) in [5, 5.41) is 0. The van der Waals surface area contributed by atoms with E-state index in [1.54, 1.807) is 0 Å². The second kappa shape index (κ2) is 3.13. The van der Waals surface area contributed by atoms with Crippen LogP contribution in [0.4, 0.5) is 0 Å². The van der Waals surface area contributed by atoms with Crippen molar-refractivity contribution in [3.8, 4) is 0 Å². The highest BCUT2D eigenvalue weighted by Crippen LogP contribution is 2.44. The molecule has 0 N–H and O–H groups in total. The van der Waals surface area contributed by atoms with E-state index in [0.717, 1.165) is 24.8 Å². The van der Waals surface area contributed by atoms with E-state index in [9.17, 15) is 4.79 Å². The Bertz CT molecular complexity index is 275. The topological polar surface area (TPSA) is 17.1 Å². The third-order valence-electron chi connectivity index (χ3n) is 3.47. The maximum absolute atomic E-state index is 11.3. The molecule has 0 aromatic rings. The molecular weight excluding hydrogens is 160 g/mol. The van der Waals surface area contributed by atoms with Crippen molar-refractivity contribution in [2.24, 2.45) is 11.8 Å². The fourth-order valence-electron chi connectivity index (χ4n) is 2.70. The van der Waals surface area contributed by atoms with Gasteiger partial charge in [-0.05, 0) is 31.1 Å². The number of rotatable bonds is 0. The molecule has 0 bridgehead atoms. The second-order valence-corrected chi connectivity index (χ2v) is 4.32. The Balaban J connectivity index is 2.22. The maximum atomic E-state index is 11.3. The summed E-state index contributed by atoms with van der Waals surface area (Å²) >= 11 is 0. The third kappa shape index (κ3) is 1.48. The van der Waals surface area contributed by atoms with Crippen LogP contribution < -0.4 is 0 Å². The van der Waals surface area contributed by atoms with Gasteiger partial charge in [0.1, 0.15) is 5.78 Å². The molecule has 0 heterocycles. The Morgan fingerprint density at radius 3 is 2.38 bits per heavy atom. The van der Waals surface area contributed by atoms with E-state index in [1.165, 1.54) is 12.0 Å². The number of carbonyl (C=O) groups excluding carboxylic acids is 1. The lowest BCUT2D eigenvalue weighted by atomic mass is 9.87. The summed E-state index contributed by atoms with van der Waals surface area (Å²) in [5.74, 6) is 1.50. The lowest BCUT2D eigenvalue weighted by Crippen LogP contribution is -2.08. The summed E-state index contributed by atoms with van der Waals surface area (Å²) in [5.41, 5.74) is 2.51. The number of Topliss-reactive ketones (excluding diaryl/α,β-unsaturated/α-hetero) is 1. The maximum Gasteiger partial charge on any atom is 0.136 e. The Kier molecular flexibility index (Phi) is 2.10. The van der Waals surface area contributed by atoms with Gasteiger partial charge >= 0.3 is 0 Å². The van der Waals surface area contributed by atoms with Gasteiger partial charge in [0.2, 0.25) is 0 Å². The Morgan fingerprint density at radius 2 is 1.62 bits per heavy atom. The summed E-state index contributed by atoms with van der Waals surface area (Å²) in [4.78, 5) is 11.3. The van der Waals surface area contributed by atoms with Crippen LogP contribution in [-0.4, -0.2) is 5.78 Å². The van der Waals surface area contributed by atoms with E-state index in [0.29, 0.717) is 24.0 Å². The molecule has 0 aromatic carbocycles. The number of carbonyl (C=O) groups is 1. The minimum absolute atomic E-state index is 0.368. The van der Waals surface area contributed by atoms with Gasteiger partial charge in [-0.1, -0.05) is 24.3 Å². The van der Waals surface area contributed by atoms with Gasteiger partial charge < -0.3 is 0 Å². The van der Waals surface area contributed by atoms with E-state index in [-0.39, 0.29) is 0 Å². The summed E-state index contributed by atoms with van der Waals surface area (Å²) in [7, 11) is 0. The molecule has 1 heteroatoms. The van der Waals surface area contributed by atoms with Crippen molar-refractivity contribution >= 4 is 5.78 Å². The summed E-state index contributed by atoms with van der Waals surface area (Å²) < 4.78 is 0. The summed E-state index contributed by atoms with van der Waals surface area (Å²) in [6.07, 6.45) is 4.69. The SMILES string of the molecule is C=C1CC(=O)CC[C@H]2C(=C)CC[C@H]12. The first-order valence-electron chi connectivity index (χ1n) is 5.05. The molecule has 70 valence electrons. The normalized spacial score (nSPS) is 34.6. The second-order valence-electron chi connectivity index (χ2n) is 4.32. The highest BCUT2D eigenvalue weighted by molar-refractivity contribution is 5.81. The minimum atomic E-state index is 0.368. The van der Waals surface area contributed by atoms with Crippen LogP contribution in [0.3, 0.4) is 0 Å². The molecule has 0 spiro atoms. The Labute approximate surface area is 79.5 Å². The molecule has 2 aliphatic carbocycles. The quantitative estimate of drug-likeness (QED) is 0.519. The van der Waals surface area contributed by atoms with E-state index in [4.69, 9.17) is 0 Å². The lowest BCUT2D eigenvalue weighted by Gasteiger charge is -2.17. The first-order chi connectivity index (χ1) is 6.18. The number of hydrogen-bond donors (Lipinski definition) is 0. The van der Waals surface area contributed by atoms with Crippen LogP contribution in [-0.2, 0) is 4.79 Å². The van der Waals surface area contributed by atoms with E-state index >= 15 is 0 Å². The molecule has 0 saturated heterocycles. The van der Waals surface area contributed by atoms with Crippen molar-refractivity contribution in [1.29, 1.82) is 0 Å². The first-order valence-corrected chi connectivity index (χ1v) is 5.05. The molecule has 2 atom stereocenters. The average molecular weight is 176 g/mol. The van der Waals surface area contributed by atoms with Gasteiger partial charge in [0.25, 0.3) is 0 Å². The Hall–Kier alpha value is -0.850. The molecule has 2 aliphatic rings. The van der Waals surface area contributed by atoms with Crippen molar-refractivity contribution < 1.29 is 4.79 Å². The standard InChI is InChI=1S/C12H16O/c1-8-3-5-12-9(2)7-10(13)4-6-11(8)12/h11-12H,1-7H2/t11-,12+/m0/s1. The van der Waals surface area contributed by atoms with E-state index in [1.807, 2.05) is 0 Å². The fourth-order valence-corrected chi connectivity index (χ4v) is 2.70. The van der Waals surface area contributed by atoms with Crippen LogP contribution in [0.15, 0.2) is 24.3 Å². The monoisotopic (exact) mass is 176 g/mol. The van der Waals surface area contributed by atoms with Gasteiger partial charge in [0.05, 0.1) is 0 Å². The molecule has 2 saturated carbocycles. The molecule has 0 amide bonds. The summed E-state index contributed by atoms with van der Waals surface area (Å²) in [6.45, 7) is 8.13. The minimum Gasteiger partial charge on any atom is -0.299 e.